The van der Waals surface area contributed by atoms with Crippen LogP contribution in [0.25, 0.3) is 0 Å². The van der Waals surface area contributed by atoms with Crippen molar-refractivity contribution in [3.05, 3.63) is 22.2 Å². The molecule has 0 atom stereocenters. The van der Waals surface area contributed by atoms with E-state index in [-0.39, 0.29) is 6.61 Å². The number of rotatable bonds is 1. The summed E-state index contributed by atoms with van der Waals surface area (Å²) >= 11 is 3.19. The van der Waals surface area contributed by atoms with Gasteiger partial charge >= 0.3 is 0 Å². The molecule has 1 aromatic rings. The Balaban J connectivity index is 3.06. The lowest BCUT2D eigenvalue weighted by Gasteiger charge is -1.96. The summed E-state index contributed by atoms with van der Waals surface area (Å²) in [5.74, 6) is 0.665. The number of hydrogen-bond acceptors (Lipinski definition) is 3. The molecule has 1 rings (SSSR count). The lowest BCUT2D eigenvalue weighted by molar-refractivity contribution is 0.276. The smallest absolute Gasteiger partial charge is 0.126 e. The van der Waals surface area contributed by atoms with Gasteiger partial charge in [0.1, 0.15) is 10.4 Å². The molecule has 0 saturated heterocycles. The van der Waals surface area contributed by atoms with E-state index in [0.717, 1.165) is 0 Å². The summed E-state index contributed by atoms with van der Waals surface area (Å²) in [5.41, 5.74) is 0.638. The predicted molar refractivity (Wildman–Crippen MR) is 40.4 cm³/mol. The summed E-state index contributed by atoms with van der Waals surface area (Å²) in [6.07, 6.45) is 0. The van der Waals surface area contributed by atoms with Crippen molar-refractivity contribution in [3.8, 4) is 0 Å². The zero-order valence-electron chi connectivity index (χ0n) is 5.50. The molecule has 0 bridgehead atoms. The Kier molecular flexibility index (Phi) is 2.34. The molecule has 0 amide bonds. The van der Waals surface area contributed by atoms with Gasteiger partial charge in [0.05, 0.1) is 12.3 Å². The Morgan fingerprint density at radius 2 is 2.30 bits per heavy atom. The van der Waals surface area contributed by atoms with E-state index >= 15 is 0 Å². The molecule has 54 valence electrons. The third-order valence-electron chi connectivity index (χ3n) is 1.02. The molecule has 0 saturated carbocycles. The number of hydrogen-bond donors (Lipinski definition) is 1. The first-order valence-corrected chi connectivity index (χ1v) is 3.62. The average Bonchev–Trinajstić information content (AvgIpc) is 1.85. The molecule has 0 fully saturated rings. The van der Waals surface area contributed by atoms with Crippen LogP contribution in [-0.2, 0) is 6.61 Å². The minimum absolute atomic E-state index is 0.0397. The van der Waals surface area contributed by atoms with Gasteiger partial charge in [-0.25, -0.2) is 9.97 Å². The fourth-order valence-electron chi connectivity index (χ4n) is 0.670. The van der Waals surface area contributed by atoms with Crippen LogP contribution in [0.2, 0.25) is 0 Å². The van der Waals surface area contributed by atoms with E-state index < -0.39 is 0 Å². The molecular weight excluding hydrogens is 196 g/mol. The van der Waals surface area contributed by atoms with Crippen molar-refractivity contribution < 1.29 is 5.11 Å². The van der Waals surface area contributed by atoms with Gasteiger partial charge in [-0.3, -0.25) is 0 Å². The zero-order valence-corrected chi connectivity index (χ0v) is 7.09. The Morgan fingerprint density at radius 1 is 1.60 bits per heavy atom. The molecule has 0 aliphatic carbocycles. The first kappa shape index (κ1) is 7.63. The third kappa shape index (κ3) is 1.75. The second-order valence-corrected chi connectivity index (χ2v) is 2.70. The number of aryl methyl sites for hydroxylation is 1. The van der Waals surface area contributed by atoms with Crippen molar-refractivity contribution in [2.45, 2.75) is 13.5 Å². The molecule has 0 unspecified atom stereocenters. The van der Waals surface area contributed by atoms with Crippen LogP contribution in [0.1, 0.15) is 11.5 Å². The molecule has 1 heterocycles. The van der Waals surface area contributed by atoms with Gasteiger partial charge in [-0.1, -0.05) is 0 Å². The Morgan fingerprint density at radius 3 is 2.80 bits per heavy atom. The van der Waals surface area contributed by atoms with E-state index in [1.807, 2.05) is 0 Å². The van der Waals surface area contributed by atoms with Crippen LogP contribution >= 0.6 is 15.9 Å². The van der Waals surface area contributed by atoms with E-state index in [1.54, 1.807) is 13.0 Å². The molecular formula is C6H7BrN2O. The summed E-state index contributed by atoms with van der Waals surface area (Å²) in [4.78, 5) is 7.94. The number of halogens is 1. The van der Waals surface area contributed by atoms with Gasteiger partial charge in [0.15, 0.2) is 0 Å². The normalized spacial score (nSPS) is 9.90. The van der Waals surface area contributed by atoms with E-state index in [9.17, 15) is 0 Å². The lowest BCUT2D eigenvalue weighted by Crippen LogP contribution is -1.94. The minimum atomic E-state index is -0.0397. The topological polar surface area (TPSA) is 46.0 Å². The Hall–Kier alpha value is -0.480. The summed E-state index contributed by atoms with van der Waals surface area (Å²) in [6, 6.07) is 1.69. The third-order valence-corrected chi connectivity index (χ3v) is 1.43. The summed E-state index contributed by atoms with van der Waals surface area (Å²) in [7, 11) is 0. The van der Waals surface area contributed by atoms with Crippen molar-refractivity contribution >= 4 is 15.9 Å². The fraction of sp³-hybridized carbons (Fsp3) is 0.333. The number of aliphatic hydroxyl groups is 1. The SMILES string of the molecule is Cc1nc(Br)cc(CO)n1. The van der Waals surface area contributed by atoms with Gasteiger partial charge in [-0.2, -0.15) is 0 Å². The standard InChI is InChI=1S/C6H7BrN2O/c1-4-8-5(3-10)2-6(7)9-4/h2,10H,3H2,1H3. The number of nitrogens with zero attached hydrogens (tertiary/aromatic N) is 2. The first-order valence-electron chi connectivity index (χ1n) is 2.83. The predicted octanol–water partition coefficient (Wildman–Crippen LogP) is 1.04. The maximum absolute atomic E-state index is 8.68. The van der Waals surface area contributed by atoms with Crippen LogP contribution in [0.5, 0.6) is 0 Å². The quantitative estimate of drug-likeness (QED) is 0.693. The molecule has 0 aromatic carbocycles. The minimum Gasteiger partial charge on any atom is -0.390 e. The molecule has 4 heteroatoms. The van der Waals surface area contributed by atoms with Gasteiger partial charge in [0.25, 0.3) is 0 Å². The fourth-order valence-corrected chi connectivity index (χ4v) is 1.19. The van der Waals surface area contributed by atoms with E-state index in [1.165, 1.54) is 0 Å². The second kappa shape index (κ2) is 3.07. The molecule has 0 aliphatic heterocycles. The summed E-state index contributed by atoms with van der Waals surface area (Å²) in [6.45, 7) is 1.74. The molecule has 0 aliphatic rings. The summed E-state index contributed by atoms with van der Waals surface area (Å²) in [5, 5.41) is 8.68. The van der Waals surface area contributed by atoms with Crippen LogP contribution < -0.4 is 0 Å². The largest absolute Gasteiger partial charge is 0.390 e. The monoisotopic (exact) mass is 202 g/mol. The highest BCUT2D eigenvalue weighted by molar-refractivity contribution is 9.10. The summed E-state index contributed by atoms with van der Waals surface area (Å²) < 4.78 is 0.712. The van der Waals surface area contributed by atoms with Crippen LogP contribution in [-0.4, -0.2) is 15.1 Å². The average molecular weight is 203 g/mol. The Labute approximate surface area is 67.3 Å². The Bertz CT molecular complexity index is 219. The van der Waals surface area contributed by atoms with Crippen molar-refractivity contribution in [1.82, 2.24) is 9.97 Å². The van der Waals surface area contributed by atoms with Gasteiger partial charge in [0, 0.05) is 0 Å². The molecule has 1 N–H and O–H groups in total. The van der Waals surface area contributed by atoms with Crippen LogP contribution in [0, 0.1) is 6.92 Å². The molecule has 10 heavy (non-hydrogen) atoms. The number of aliphatic hydroxyl groups excluding tert-OH is 1. The van der Waals surface area contributed by atoms with Gasteiger partial charge < -0.3 is 5.11 Å². The highest BCUT2D eigenvalue weighted by atomic mass is 79.9. The van der Waals surface area contributed by atoms with Gasteiger partial charge in [-0.05, 0) is 28.9 Å². The van der Waals surface area contributed by atoms with Crippen LogP contribution in [0.3, 0.4) is 0 Å². The lowest BCUT2D eigenvalue weighted by atomic mass is 10.4. The maximum Gasteiger partial charge on any atom is 0.126 e. The number of aromatic nitrogens is 2. The highest BCUT2D eigenvalue weighted by Gasteiger charge is 1.96. The molecule has 1 aromatic heterocycles. The van der Waals surface area contributed by atoms with Crippen LogP contribution in [0.4, 0.5) is 0 Å². The van der Waals surface area contributed by atoms with E-state index in [2.05, 4.69) is 25.9 Å². The van der Waals surface area contributed by atoms with Gasteiger partial charge in [0.2, 0.25) is 0 Å². The van der Waals surface area contributed by atoms with Crippen molar-refractivity contribution in [1.29, 1.82) is 0 Å². The van der Waals surface area contributed by atoms with Crippen molar-refractivity contribution in [2.24, 2.45) is 0 Å². The molecule has 0 radical (unpaired) electrons. The van der Waals surface area contributed by atoms with Gasteiger partial charge in [-0.15, -0.1) is 0 Å². The van der Waals surface area contributed by atoms with E-state index in [4.69, 9.17) is 5.11 Å². The zero-order chi connectivity index (χ0) is 7.56. The van der Waals surface area contributed by atoms with Crippen LogP contribution in [0.15, 0.2) is 10.7 Å². The maximum atomic E-state index is 8.68. The highest BCUT2D eigenvalue weighted by Crippen LogP contribution is 2.07. The molecule has 3 nitrogen and oxygen atoms in total. The molecule has 0 spiro atoms. The van der Waals surface area contributed by atoms with Crippen molar-refractivity contribution in [2.75, 3.05) is 0 Å². The first-order chi connectivity index (χ1) is 4.72. The van der Waals surface area contributed by atoms with E-state index in [0.29, 0.717) is 16.1 Å². The second-order valence-electron chi connectivity index (χ2n) is 1.89. The van der Waals surface area contributed by atoms with Crippen molar-refractivity contribution in [3.63, 3.8) is 0 Å².